The normalized spacial score (nSPS) is 11.8. The maximum absolute atomic E-state index is 12.0. The Kier molecular flexibility index (Phi) is 5.03. The average molecular weight is 416 g/mol. The molecule has 0 bridgehead atoms. The minimum atomic E-state index is -0.375. The number of H-pyrrole nitrogens is 1. The first-order valence-corrected chi connectivity index (χ1v) is 8.74. The molecule has 0 saturated heterocycles. The van der Waals surface area contributed by atoms with Crippen molar-refractivity contribution in [1.29, 1.82) is 0 Å². The first-order valence-electron chi connectivity index (χ1n) is 7.95. The number of aromatic amines is 1. The molecule has 134 valence electrons. The quantitative estimate of drug-likeness (QED) is 0.496. The van der Waals surface area contributed by atoms with Crippen LogP contribution in [0.5, 0.6) is 0 Å². The van der Waals surface area contributed by atoms with Gasteiger partial charge >= 0.3 is 0 Å². The molecule has 8 heteroatoms. The molecular formula is C18H18BrN5O2. The van der Waals surface area contributed by atoms with E-state index in [1.807, 2.05) is 51.1 Å². The molecule has 1 aromatic carbocycles. The number of halogens is 1. The van der Waals surface area contributed by atoms with E-state index in [0.717, 1.165) is 15.8 Å². The Morgan fingerprint density at radius 2 is 1.88 bits per heavy atom. The van der Waals surface area contributed by atoms with Crippen LogP contribution in [-0.2, 0) is 5.41 Å². The van der Waals surface area contributed by atoms with Crippen LogP contribution < -0.4 is 11.0 Å². The molecule has 0 amide bonds. The number of nitrogens with one attached hydrogen (secondary N) is 2. The fraction of sp³-hybridized carbons (Fsp3) is 0.222. The lowest BCUT2D eigenvalue weighted by molar-refractivity contribution is 0.547. The Morgan fingerprint density at radius 1 is 1.15 bits per heavy atom. The zero-order chi connectivity index (χ0) is 18.7. The van der Waals surface area contributed by atoms with Gasteiger partial charge in [-0.05, 0) is 24.3 Å². The van der Waals surface area contributed by atoms with E-state index >= 15 is 0 Å². The molecule has 2 heterocycles. The topological polar surface area (TPSA) is 96.2 Å². The third-order valence-electron chi connectivity index (χ3n) is 3.53. The largest absolute Gasteiger partial charge is 0.455 e. The van der Waals surface area contributed by atoms with Gasteiger partial charge < -0.3 is 4.42 Å². The highest BCUT2D eigenvalue weighted by Crippen LogP contribution is 2.23. The minimum Gasteiger partial charge on any atom is -0.455 e. The Hall–Kier alpha value is -2.74. The third kappa shape index (κ3) is 4.26. The van der Waals surface area contributed by atoms with Gasteiger partial charge in [0.1, 0.15) is 17.2 Å². The number of hydrogen-bond donors (Lipinski definition) is 2. The molecule has 26 heavy (non-hydrogen) atoms. The zero-order valence-electron chi connectivity index (χ0n) is 14.6. The molecule has 0 aliphatic heterocycles. The summed E-state index contributed by atoms with van der Waals surface area (Å²) in [6.45, 7) is 5.70. The van der Waals surface area contributed by atoms with Gasteiger partial charge in [-0.2, -0.15) is 5.10 Å². The molecule has 2 aromatic heterocycles. The maximum atomic E-state index is 12.0. The second-order valence-electron chi connectivity index (χ2n) is 6.68. The Bertz CT molecular complexity index is 984. The van der Waals surface area contributed by atoms with Crippen molar-refractivity contribution in [3.63, 3.8) is 0 Å². The number of nitrogens with zero attached hydrogens (tertiary/aromatic N) is 3. The smallest absolute Gasteiger partial charge is 0.274 e. The summed E-state index contributed by atoms with van der Waals surface area (Å²) in [4.78, 5) is 14.6. The predicted molar refractivity (Wildman–Crippen MR) is 104 cm³/mol. The van der Waals surface area contributed by atoms with Gasteiger partial charge in [-0.15, -0.1) is 10.2 Å². The van der Waals surface area contributed by atoms with Crippen molar-refractivity contribution in [3.8, 4) is 11.3 Å². The van der Waals surface area contributed by atoms with E-state index < -0.39 is 0 Å². The monoisotopic (exact) mass is 415 g/mol. The molecule has 0 saturated carbocycles. The van der Waals surface area contributed by atoms with Crippen LogP contribution >= 0.6 is 15.9 Å². The van der Waals surface area contributed by atoms with Gasteiger partial charge in [0.25, 0.3) is 5.56 Å². The van der Waals surface area contributed by atoms with Crippen molar-refractivity contribution in [1.82, 2.24) is 15.2 Å². The van der Waals surface area contributed by atoms with Crippen LogP contribution in [0.15, 0.2) is 55.2 Å². The van der Waals surface area contributed by atoms with Crippen LogP contribution in [0.4, 0.5) is 5.95 Å². The number of hydrogen-bond acceptors (Lipinski definition) is 6. The lowest BCUT2D eigenvalue weighted by Crippen LogP contribution is -2.28. The Morgan fingerprint density at radius 3 is 2.54 bits per heavy atom. The predicted octanol–water partition coefficient (Wildman–Crippen LogP) is 3.93. The van der Waals surface area contributed by atoms with Gasteiger partial charge in [0.15, 0.2) is 0 Å². The van der Waals surface area contributed by atoms with Gasteiger partial charge in [-0.25, -0.2) is 5.43 Å². The lowest BCUT2D eigenvalue weighted by atomic mass is 9.93. The third-order valence-corrected chi connectivity index (χ3v) is 4.05. The molecule has 0 radical (unpaired) electrons. The van der Waals surface area contributed by atoms with E-state index in [4.69, 9.17) is 4.42 Å². The van der Waals surface area contributed by atoms with Crippen molar-refractivity contribution in [2.45, 2.75) is 26.2 Å². The Labute approximate surface area is 158 Å². The molecule has 0 unspecified atom stereocenters. The molecule has 0 fully saturated rings. The molecule has 7 nitrogen and oxygen atoms in total. The summed E-state index contributed by atoms with van der Waals surface area (Å²) in [5, 5.41) is 11.9. The van der Waals surface area contributed by atoms with Gasteiger partial charge in [-0.3, -0.25) is 9.78 Å². The summed E-state index contributed by atoms with van der Waals surface area (Å²) >= 11 is 3.40. The minimum absolute atomic E-state index is 0.166. The van der Waals surface area contributed by atoms with Crippen LogP contribution in [-0.4, -0.2) is 21.4 Å². The first-order chi connectivity index (χ1) is 12.3. The summed E-state index contributed by atoms with van der Waals surface area (Å²) in [5.41, 5.74) is 3.32. The highest BCUT2D eigenvalue weighted by Gasteiger charge is 2.20. The number of hydrazone groups is 1. The van der Waals surface area contributed by atoms with Crippen molar-refractivity contribution in [2.24, 2.45) is 5.10 Å². The number of aromatic nitrogens is 3. The summed E-state index contributed by atoms with van der Waals surface area (Å²) in [7, 11) is 0. The second kappa shape index (κ2) is 7.25. The first kappa shape index (κ1) is 18.1. The SMILES string of the molecule is CC(C)(C)c1nnc(N/N=C\c2ccc(-c3ccc(Br)cc3)o2)[nH]c1=O. The van der Waals surface area contributed by atoms with Gasteiger partial charge in [0, 0.05) is 15.5 Å². The van der Waals surface area contributed by atoms with Crippen LogP contribution in [0.1, 0.15) is 32.2 Å². The number of anilines is 1. The highest BCUT2D eigenvalue weighted by atomic mass is 79.9. The molecule has 3 aromatic rings. The van der Waals surface area contributed by atoms with Crippen LogP contribution in [0.2, 0.25) is 0 Å². The molecule has 2 N–H and O–H groups in total. The molecule has 0 spiro atoms. The fourth-order valence-electron chi connectivity index (χ4n) is 2.23. The zero-order valence-corrected chi connectivity index (χ0v) is 16.2. The fourth-order valence-corrected chi connectivity index (χ4v) is 2.49. The van der Waals surface area contributed by atoms with Crippen molar-refractivity contribution in [2.75, 3.05) is 5.43 Å². The highest BCUT2D eigenvalue weighted by molar-refractivity contribution is 9.10. The van der Waals surface area contributed by atoms with Crippen LogP contribution in [0, 0.1) is 0 Å². The second-order valence-corrected chi connectivity index (χ2v) is 7.60. The van der Waals surface area contributed by atoms with E-state index in [2.05, 4.69) is 41.6 Å². The van der Waals surface area contributed by atoms with E-state index in [1.54, 1.807) is 6.07 Å². The van der Waals surface area contributed by atoms with Crippen molar-refractivity contribution in [3.05, 3.63) is 62.7 Å². The number of benzene rings is 1. The lowest BCUT2D eigenvalue weighted by Gasteiger charge is -2.15. The van der Waals surface area contributed by atoms with E-state index in [-0.39, 0.29) is 16.9 Å². The maximum Gasteiger partial charge on any atom is 0.274 e. The standard InChI is InChI=1S/C18H18BrN5O2/c1-18(2,3)15-16(25)21-17(24-22-15)23-20-10-13-8-9-14(26-13)11-4-6-12(19)7-5-11/h4-10H,1-3H3,(H2,21,23,24,25)/b20-10-. The van der Waals surface area contributed by atoms with Gasteiger partial charge in [0.2, 0.25) is 5.95 Å². The van der Waals surface area contributed by atoms with Crippen molar-refractivity contribution < 1.29 is 4.42 Å². The summed E-state index contributed by atoms with van der Waals surface area (Å²) in [5.74, 6) is 1.47. The molecule has 0 atom stereocenters. The molecular weight excluding hydrogens is 398 g/mol. The van der Waals surface area contributed by atoms with Crippen LogP contribution in [0.25, 0.3) is 11.3 Å². The summed E-state index contributed by atoms with van der Waals surface area (Å²) < 4.78 is 6.73. The van der Waals surface area contributed by atoms with Gasteiger partial charge in [-0.1, -0.05) is 48.8 Å². The molecule has 0 aliphatic rings. The molecule has 3 rings (SSSR count). The summed E-state index contributed by atoms with van der Waals surface area (Å²) in [6, 6.07) is 11.5. The Balaban J connectivity index is 1.69. The van der Waals surface area contributed by atoms with Crippen molar-refractivity contribution >= 4 is 28.1 Å². The number of furan rings is 1. The van der Waals surface area contributed by atoms with E-state index in [1.165, 1.54) is 6.21 Å². The van der Waals surface area contributed by atoms with Gasteiger partial charge in [0.05, 0.1) is 6.21 Å². The van der Waals surface area contributed by atoms with E-state index in [0.29, 0.717) is 11.5 Å². The van der Waals surface area contributed by atoms with E-state index in [9.17, 15) is 4.79 Å². The average Bonchev–Trinajstić information content (AvgIpc) is 3.03. The number of rotatable bonds is 4. The molecule has 0 aliphatic carbocycles. The van der Waals surface area contributed by atoms with Crippen LogP contribution in [0.3, 0.4) is 0 Å². The summed E-state index contributed by atoms with van der Waals surface area (Å²) in [6.07, 6.45) is 1.50.